The van der Waals surface area contributed by atoms with E-state index in [2.05, 4.69) is 52.4 Å². The van der Waals surface area contributed by atoms with Gasteiger partial charge in [-0.2, -0.15) is 4.98 Å². The number of hydrogen-bond acceptors (Lipinski definition) is 4. The molecule has 2 heterocycles. The molecule has 0 saturated heterocycles. The Morgan fingerprint density at radius 2 is 1.92 bits per heavy atom. The molecule has 0 atom stereocenters. The lowest BCUT2D eigenvalue weighted by atomic mass is 10.1. The average molecular weight is 331 g/mol. The van der Waals surface area contributed by atoms with Gasteiger partial charge >= 0.3 is 0 Å². The lowest BCUT2D eigenvalue weighted by molar-refractivity contribution is 0.795. The molecule has 0 aliphatic carbocycles. The molecule has 2 aromatic carbocycles. The van der Waals surface area contributed by atoms with Crippen LogP contribution in [0.3, 0.4) is 0 Å². The summed E-state index contributed by atoms with van der Waals surface area (Å²) >= 11 is 0. The van der Waals surface area contributed by atoms with E-state index in [4.69, 9.17) is 4.98 Å². The molecule has 0 aliphatic rings. The van der Waals surface area contributed by atoms with Gasteiger partial charge in [0.1, 0.15) is 12.1 Å². The largest absolute Gasteiger partial charge is 0.329 e. The molecule has 126 valence electrons. The molecule has 0 saturated carbocycles. The van der Waals surface area contributed by atoms with Crippen LogP contribution in [0.1, 0.15) is 25.3 Å². The molecule has 5 nitrogen and oxygen atoms in total. The van der Waals surface area contributed by atoms with Gasteiger partial charge in [0.25, 0.3) is 5.78 Å². The molecule has 0 aliphatic heterocycles. The molecule has 2 aromatic heterocycles. The van der Waals surface area contributed by atoms with Crippen LogP contribution < -0.4 is 4.90 Å². The fourth-order valence-corrected chi connectivity index (χ4v) is 3.16. The van der Waals surface area contributed by atoms with Crippen molar-refractivity contribution in [1.29, 1.82) is 0 Å². The Bertz CT molecular complexity index is 1010. The van der Waals surface area contributed by atoms with Crippen molar-refractivity contribution in [3.05, 3.63) is 60.4 Å². The molecule has 0 spiro atoms. The van der Waals surface area contributed by atoms with E-state index in [1.807, 2.05) is 29.6 Å². The summed E-state index contributed by atoms with van der Waals surface area (Å²) < 4.78 is 1.97. The Morgan fingerprint density at radius 3 is 2.72 bits per heavy atom. The zero-order chi connectivity index (χ0) is 17.2. The van der Waals surface area contributed by atoms with E-state index in [1.165, 1.54) is 18.4 Å². The van der Waals surface area contributed by atoms with Crippen molar-refractivity contribution in [1.82, 2.24) is 19.6 Å². The van der Waals surface area contributed by atoms with Crippen molar-refractivity contribution < 1.29 is 0 Å². The summed E-state index contributed by atoms with van der Waals surface area (Å²) in [5.41, 5.74) is 3.53. The number of benzene rings is 2. The minimum Gasteiger partial charge on any atom is -0.329 e. The zero-order valence-electron chi connectivity index (χ0n) is 14.6. The summed E-state index contributed by atoms with van der Waals surface area (Å²) in [6.45, 7) is 2.22. The molecule has 0 unspecified atom stereocenters. The van der Waals surface area contributed by atoms with Gasteiger partial charge in [-0.3, -0.25) is 4.40 Å². The molecule has 5 heteroatoms. The van der Waals surface area contributed by atoms with Gasteiger partial charge in [0.15, 0.2) is 0 Å². The third-order valence-electron chi connectivity index (χ3n) is 4.58. The van der Waals surface area contributed by atoms with Crippen molar-refractivity contribution in [3.8, 4) is 0 Å². The van der Waals surface area contributed by atoms with E-state index in [-0.39, 0.29) is 0 Å². The summed E-state index contributed by atoms with van der Waals surface area (Å²) in [6.07, 6.45) is 5.21. The standard InChI is InChI=1S/C20H21N5/c1-3-4-8-15-11-12-17-18(13-15)25-14-21-23-20(25)22-19(17)24(2)16-9-6-5-7-10-16/h5-7,9-14H,3-4,8H2,1-2H3. The topological polar surface area (TPSA) is 46.3 Å². The Labute approximate surface area is 147 Å². The van der Waals surface area contributed by atoms with Crippen LogP contribution >= 0.6 is 0 Å². The molecular weight excluding hydrogens is 310 g/mol. The third-order valence-corrected chi connectivity index (χ3v) is 4.58. The highest BCUT2D eigenvalue weighted by molar-refractivity contribution is 5.93. The fourth-order valence-electron chi connectivity index (χ4n) is 3.16. The number of aryl methyl sites for hydroxylation is 1. The second-order valence-corrected chi connectivity index (χ2v) is 6.29. The molecule has 4 aromatic rings. The summed E-state index contributed by atoms with van der Waals surface area (Å²) in [5.74, 6) is 1.52. The van der Waals surface area contributed by atoms with Gasteiger partial charge in [0.05, 0.1) is 5.52 Å². The van der Waals surface area contributed by atoms with E-state index in [0.29, 0.717) is 5.78 Å². The van der Waals surface area contributed by atoms with Crippen LogP contribution in [-0.2, 0) is 6.42 Å². The van der Waals surface area contributed by atoms with E-state index < -0.39 is 0 Å². The maximum atomic E-state index is 4.75. The number of rotatable bonds is 5. The normalized spacial score (nSPS) is 11.3. The van der Waals surface area contributed by atoms with Crippen LogP contribution in [0.5, 0.6) is 0 Å². The highest BCUT2D eigenvalue weighted by atomic mass is 15.3. The van der Waals surface area contributed by atoms with E-state index in [9.17, 15) is 0 Å². The Kier molecular flexibility index (Phi) is 4.06. The van der Waals surface area contributed by atoms with Gasteiger partial charge in [0.2, 0.25) is 0 Å². The molecule has 0 radical (unpaired) electrons. The number of hydrogen-bond donors (Lipinski definition) is 0. The van der Waals surface area contributed by atoms with Gasteiger partial charge in [-0.05, 0) is 42.7 Å². The third kappa shape index (κ3) is 2.82. The van der Waals surface area contributed by atoms with Crippen molar-refractivity contribution in [2.24, 2.45) is 0 Å². The number of para-hydroxylation sites is 1. The van der Waals surface area contributed by atoms with Crippen molar-refractivity contribution in [2.75, 3.05) is 11.9 Å². The highest BCUT2D eigenvalue weighted by Crippen LogP contribution is 2.30. The summed E-state index contributed by atoms with van der Waals surface area (Å²) in [4.78, 5) is 6.85. The molecule has 0 fully saturated rings. The van der Waals surface area contributed by atoms with E-state index in [1.54, 1.807) is 6.33 Å². The van der Waals surface area contributed by atoms with Crippen LogP contribution in [0.25, 0.3) is 16.7 Å². The second kappa shape index (κ2) is 6.51. The Balaban J connectivity index is 1.91. The Hall–Kier alpha value is -2.95. The first kappa shape index (κ1) is 15.6. The molecule has 25 heavy (non-hydrogen) atoms. The molecule has 4 rings (SSSR count). The number of aromatic nitrogens is 4. The average Bonchev–Trinajstić information content (AvgIpc) is 3.14. The van der Waals surface area contributed by atoms with E-state index in [0.717, 1.165) is 28.8 Å². The van der Waals surface area contributed by atoms with Gasteiger partial charge in [-0.1, -0.05) is 37.6 Å². The summed E-state index contributed by atoms with van der Waals surface area (Å²) in [7, 11) is 2.04. The van der Waals surface area contributed by atoms with Crippen molar-refractivity contribution in [3.63, 3.8) is 0 Å². The molecule has 0 bridgehead atoms. The maximum Gasteiger partial charge on any atom is 0.257 e. The number of anilines is 2. The van der Waals surface area contributed by atoms with Crippen LogP contribution in [0.15, 0.2) is 54.9 Å². The Morgan fingerprint density at radius 1 is 1.08 bits per heavy atom. The maximum absolute atomic E-state index is 4.75. The van der Waals surface area contributed by atoms with Gasteiger partial charge in [-0.15, -0.1) is 10.2 Å². The van der Waals surface area contributed by atoms with Crippen molar-refractivity contribution in [2.45, 2.75) is 26.2 Å². The second-order valence-electron chi connectivity index (χ2n) is 6.29. The number of fused-ring (bicyclic) bond motifs is 3. The fraction of sp³-hybridized carbons (Fsp3) is 0.250. The van der Waals surface area contributed by atoms with Gasteiger partial charge < -0.3 is 4.90 Å². The minimum absolute atomic E-state index is 0.623. The predicted molar refractivity (Wildman–Crippen MR) is 101 cm³/mol. The smallest absolute Gasteiger partial charge is 0.257 e. The van der Waals surface area contributed by atoms with Crippen LogP contribution in [0.4, 0.5) is 11.5 Å². The summed E-state index contributed by atoms with van der Waals surface area (Å²) in [6, 6.07) is 16.9. The van der Waals surface area contributed by atoms with Gasteiger partial charge in [-0.25, -0.2) is 0 Å². The van der Waals surface area contributed by atoms with Crippen molar-refractivity contribution >= 4 is 28.2 Å². The lowest BCUT2D eigenvalue weighted by Crippen LogP contribution is -2.13. The van der Waals surface area contributed by atoms with Crippen LogP contribution in [0, 0.1) is 0 Å². The van der Waals surface area contributed by atoms with Crippen LogP contribution in [-0.4, -0.2) is 26.6 Å². The minimum atomic E-state index is 0.623. The predicted octanol–water partition coefficient (Wildman–Crippen LogP) is 4.39. The molecular formula is C20H21N5. The molecule has 0 N–H and O–H groups in total. The molecule has 0 amide bonds. The number of nitrogens with zero attached hydrogens (tertiary/aromatic N) is 5. The quantitative estimate of drug-likeness (QED) is 0.544. The highest BCUT2D eigenvalue weighted by Gasteiger charge is 2.14. The first-order valence-corrected chi connectivity index (χ1v) is 8.69. The lowest BCUT2D eigenvalue weighted by Gasteiger charge is -2.20. The monoisotopic (exact) mass is 331 g/mol. The first-order chi connectivity index (χ1) is 12.3. The zero-order valence-corrected chi connectivity index (χ0v) is 14.6. The first-order valence-electron chi connectivity index (χ1n) is 8.69. The van der Waals surface area contributed by atoms with E-state index >= 15 is 0 Å². The summed E-state index contributed by atoms with van der Waals surface area (Å²) in [5, 5.41) is 9.32. The number of unbranched alkanes of at least 4 members (excludes halogenated alkanes) is 1. The van der Waals surface area contributed by atoms with Crippen LogP contribution in [0.2, 0.25) is 0 Å². The SMILES string of the molecule is CCCCc1ccc2c(N(C)c3ccccc3)nc3nncn3c2c1. The van der Waals surface area contributed by atoms with Gasteiger partial charge in [0, 0.05) is 18.1 Å².